The summed E-state index contributed by atoms with van der Waals surface area (Å²) in [5.41, 5.74) is 0. The van der Waals surface area contributed by atoms with E-state index in [4.69, 9.17) is 0 Å². The molecule has 5 nitrogen and oxygen atoms in total. The summed E-state index contributed by atoms with van der Waals surface area (Å²) in [6, 6.07) is 3.17. The zero-order valence-electron chi connectivity index (χ0n) is 9.47. The molecule has 1 unspecified atom stereocenters. The van der Waals surface area contributed by atoms with Crippen molar-refractivity contribution >= 4 is 38.4 Å². The molecule has 1 heterocycles. The maximum atomic E-state index is 11.7. The van der Waals surface area contributed by atoms with Crippen molar-refractivity contribution in [1.29, 1.82) is 0 Å². The highest BCUT2D eigenvalue weighted by Crippen LogP contribution is 2.10. The maximum Gasteiger partial charge on any atom is 0.258 e. The van der Waals surface area contributed by atoms with E-state index in [1.165, 1.54) is 12.3 Å². The molecule has 2 N–H and O–H groups in total. The Bertz CT molecular complexity index is 438. The van der Waals surface area contributed by atoms with Crippen LogP contribution in [-0.4, -0.2) is 33.0 Å². The summed E-state index contributed by atoms with van der Waals surface area (Å²) in [6.07, 6.45) is 1.45. The fourth-order valence-electron chi connectivity index (χ4n) is 0.932. The molecular formula is C9H15BrClN3O2S. The number of likely N-dealkylation sites (N-methyl/N-ethyl adjacent to an activating group) is 1. The van der Waals surface area contributed by atoms with Gasteiger partial charge in [0.2, 0.25) is 0 Å². The molecule has 0 saturated heterocycles. The minimum absolute atomic E-state index is 0. The maximum absolute atomic E-state index is 11.7. The third kappa shape index (κ3) is 5.31. The Morgan fingerprint density at radius 2 is 2.12 bits per heavy atom. The molecule has 1 atom stereocenters. The first-order valence-corrected chi connectivity index (χ1v) is 7.02. The van der Waals surface area contributed by atoms with Gasteiger partial charge in [0.1, 0.15) is 0 Å². The van der Waals surface area contributed by atoms with Gasteiger partial charge in [-0.2, -0.15) is 0 Å². The summed E-state index contributed by atoms with van der Waals surface area (Å²) in [6.45, 7) is 2.22. The predicted molar refractivity (Wildman–Crippen MR) is 72.9 cm³/mol. The molecule has 1 aromatic heterocycles. The Morgan fingerprint density at radius 3 is 2.59 bits per heavy atom. The number of aromatic nitrogens is 1. The van der Waals surface area contributed by atoms with Crippen LogP contribution in [0.1, 0.15) is 6.92 Å². The van der Waals surface area contributed by atoms with Crippen LogP contribution in [0.25, 0.3) is 0 Å². The van der Waals surface area contributed by atoms with E-state index in [2.05, 4.69) is 31.0 Å². The summed E-state index contributed by atoms with van der Waals surface area (Å²) >= 11 is 3.20. The van der Waals surface area contributed by atoms with E-state index in [0.29, 0.717) is 6.54 Å². The van der Waals surface area contributed by atoms with Crippen molar-refractivity contribution in [1.82, 2.24) is 15.0 Å². The van der Waals surface area contributed by atoms with E-state index < -0.39 is 10.0 Å². The monoisotopic (exact) mass is 343 g/mol. The molecule has 1 rings (SSSR count). The molecule has 98 valence electrons. The average molecular weight is 345 g/mol. The number of halogens is 2. The van der Waals surface area contributed by atoms with Crippen LogP contribution in [0.5, 0.6) is 0 Å². The summed E-state index contributed by atoms with van der Waals surface area (Å²) in [4.78, 5) is 3.84. The molecule has 1 aromatic rings. The molecule has 0 saturated carbocycles. The van der Waals surface area contributed by atoms with Gasteiger partial charge in [-0.1, -0.05) is 0 Å². The smallest absolute Gasteiger partial charge is 0.258 e. The van der Waals surface area contributed by atoms with E-state index in [1.807, 2.05) is 6.92 Å². The van der Waals surface area contributed by atoms with Gasteiger partial charge in [0, 0.05) is 23.3 Å². The minimum Gasteiger partial charge on any atom is -0.316 e. The largest absolute Gasteiger partial charge is 0.316 e. The van der Waals surface area contributed by atoms with Gasteiger partial charge < -0.3 is 5.32 Å². The fraction of sp³-hybridized carbons (Fsp3) is 0.444. The van der Waals surface area contributed by atoms with Gasteiger partial charge >= 0.3 is 0 Å². The zero-order valence-corrected chi connectivity index (χ0v) is 12.7. The number of hydrogen-bond donors (Lipinski definition) is 2. The van der Waals surface area contributed by atoms with E-state index in [0.717, 1.165) is 4.47 Å². The van der Waals surface area contributed by atoms with Gasteiger partial charge in [0.05, 0.1) is 0 Å². The van der Waals surface area contributed by atoms with Gasteiger partial charge in [-0.15, -0.1) is 12.4 Å². The molecule has 17 heavy (non-hydrogen) atoms. The lowest BCUT2D eigenvalue weighted by molar-refractivity contribution is 0.551. The molecule has 0 aliphatic heterocycles. The van der Waals surface area contributed by atoms with Crippen LogP contribution in [0.4, 0.5) is 0 Å². The molecule has 0 bridgehead atoms. The normalized spacial score (nSPS) is 12.9. The second-order valence-corrected chi connectivity index (χ2v) is 5.99. The number of hydrogen-bond acceptors (Lipinski definition) is 4. The number of nitrogens with one attached hydrogen (secondary N) is 2. The highest BCUT2D eigenvalue weighted by molar-refractivity contribution is 9.10. The highest BCUT2D eigenvalue weighted by Gasteiger charge is 2.15. The summed E-state index contributed by atoms with van der Waals surface area (Å²) in [5, 5.41) is 2.97. The average Bonchev–Trinajstić information content (AvgIpc) is 2.26. The van der Waals surface area contributed by atoms with Crippen LogP contribution in [0.3, 0.4) is 0 Å². The standard InChI is InChI=1S/C9H14BrN3O2S.ClH/c1-7(11-2)5-13-16(14,15)9-4-3-8(10)6-12-9;/h3-4,6-7,11,13H,5H2,1-2H3;1H. The van der Waals surface area contributed by atoms with Crippen LogP contribution >= 0.6 is 28.3 Å². The molecule has 0 aliphatic carbocycles. The molecular weight excluding hydrogens is 330 g/mol. The van der Waals surface area contributed by atoms with Crippen molar-refractivity contribution in [3.05, 3.63) is 22.8 Å². The number of rotatable bonds is 5. The van der Waals surface area contributed by atoms with Gasteiger partial charge in [-0.25, -0.2) is 18.1 Å². The van der Waals surface area contributed by atoms with Crippen LogP contribution in [0, 0.1) is 0 Å². The van der Waals surface area contributed by atoms with Crippen molar-refractivity contribution in [2.45, 2.75) is 18.0 Å². The molecule has 0 aromatic carbocycles. The third-order valence-electron chi connectivity index (χ3n) is 2.05. The molecule has 0 radical (unpaired) electrons. The Balaban J connectivity index is 0.00000256. The Hall–Kier alpha value is -0.210. The second-order valence-electron chi connectivity index (χ2n) is 3.36. The number of nitrogens with zero attached hydrogens (tertiary/aromatic N) is 1. The van der Waals surface area contributed by atoms with Gasteiger partial charge in [-0.3, -0.25) is 0 Å². The number of sulfonamides is 1. The lowest BCUT2D eigenvalue weighted by atomic mass is 10.4. The van der Waals surface area contributed by atoms with Crippen molar-refractivity contribution in [2.75, 3.05) is 13.6 Å². The minimum atomic E-state index is -3.50. The van der Waals surface area contributed by atoms with Crippen molar-refractivity contribution < 1.29 is 8.42 Å². The first kappa shape index (κ1) is 16.8. The number of pyridine rings is 1. The summed E-state index contributed by atoms with van der Waals surface area (Å²) in [7, 11) is -1.73. The molecule has 0 amide bonds. The van der Waals surface area contributed by atoms with E-state index in [1.54, 1.807) is 13.1 Å². The second kappa shape index (κ2) is 7.27. The molecule has 0 fully saturated rings. The Morgan fingerprint density at radius 1 is 1.47 bits per heavy atom. The van der Waals surface area contributed by atoms with Crippen LogP contribution in [0.2, 0.25) is 0 Å². The van der Waals surface area contributed by atoms with E-state index >= 15 is 0 Å². The predicted octanol–water partition coefficient (Wildman–Crippen LogP) is 1.15. The van der Waals surface area contributed by atoms with Crippen LogP contribution in [0.15, 0.2) is 27.8 Å². The van der Waals surface area contributed by atoms with E-state index in [9.17, 15) is 8.42 Å². The lowest BCUT2D eigenvalue weighted by Crippen LogP contribution is -2.37. The van der Waals surface area contributed by atoms with Crippen molar-refractivity contribution in [3.63, 3.8) is 0 Å². The van der Waals surface area contributed by atoms with Crippen molar-refractivity contribution in [3.8, 4) is 0 Å². The summed E-state index contributed by atoms with van der Waals surface area (Å²) < 4.78 is 26.7. The zero-order chi connectivity index (χ0) is 12.2. The molecule has 0 aliphatic rings. The van der Waals surface area contributed by atoms with E-state index in [-0.39, 0.29) is 23.5 Å². The molecule has 8 heteroatoms. The van der Waals surface area contributed by atoms with Gasteiger partial charge in [-0.05, 0) is 42.0 Å². The van der Waals surface area contributed by atoms with Crippen LogP contribution in [-0.2, 0) is 10.0 Å². The first-order valence-electron chi connectivity index (χ1n) is 4.74. The topological polar surface area (TPSA) is 71.1 Å². The van der Waals surface area contributed by atoms with Crippen molar-refractivity contribution in [2.24, 2.45) is 0 Å². The quantitative estimate of drug-likeness (QED) is 0.840. The fourth-order valence-corrected chi connectivity index (χ4v) is 2.22. The molecule has 0 spiro atoms. The Labute approximate surface area is 116 Å². The SMILES string of the molecule is CNC(C)CNS(=O)(=O)c1ccc(Br)cn1.Cl. The van der Waals surface area contributed by atoms with Gasteiger partial charge in [0.25, 0.3) is 10.0 Å². The summed E-state index contributed by atoms with van der Waals surface area (Å²) in [5.74, 6) is 0. The third-order valence-corrected chi connectivity index (χ3v) is 3.86. The Kier molecular flexibility index (Phi) is 7.18. The van der Waals surface area contributed by atoms with Gasteiger partial charge in [0.15, 0.2) is 5.03 Å². The highest BCUT2D eigenvalue weighted by atomic mass is 79.9. The first-order chi connectivity index (χ1) is 7.45. The lowest BCUT2D eigenvalue weighted by Gasteiger charge is -2.11. The van der Waals surface area contributed by atoms with Crippen LogP contribution < -0.4 is 10.0 Å².